The molecule has 0 bridgehead atoms. The predicted octanol–water partition coefficient (Wildman–Crippen LogP) is 3.30. The van der Waals surface area contributed by atoms with Gasteiger partial charge in [0.25, 0.3) is 0 Å². The molecule has 0 amide bonds. The van der Waals surface area contributed by atoms with E-state index in [9.17, 15) is 14.9 Å². The summed E-state index contributed by atoms with van der Waals surface area (Å²) in [6.45, 7) is 3.68. The van der Waals surface area contributed by atoms with Crippen LogP contribution in [0.15, 0.2) is 24.3 Å². The molecule has 2 N–H and O–H groups in total. The Kier molecular flexibility index (Phi) is 6.14. The van der Waals surface area contributed by atoms with Crippen molar-refractivity contribution in [3.05, 3.63) is 51.4 Å². The van der Waals surface area contributed by atoms with Crippen molar-refractivity contribution >= 4 is 28.3 Å². The second-order valence-electron chi connectivity index (χ2n) is 5.11. The van der Waals surface area contributed by atoms with Crippen LogP contribution in [0.1, 0.15) is 50.6 Å². The lowest BCUT2D eigenvalue weighted by Gasteiger charge is -2.07. The highest BCUT2D eigenvalue weighted by molar-refractivity contribution is 7.18. The van der Waals surface area contributed by atoms with Gasteiger partial charge in [-0.3, -0.25) is 0 Å². The molecular weight excluding hydrogens is 340 g/mol. The maximum atomic E-state index is 12.2. The summed E-state index contributed by atoms with van der Waals surface area (Å²) in [5.74, 6) is -1.12. The Morgan fingerprint density at radius 3 is 2.40 bits per heavy atom. The molecule has 1 aromatic heterocycles. The normalized spacial score (nSPS) is 10.1. The van der Waals surface area contributed by atoms with E-state index in [0.29, 0.717) is 5.56 Å². The van der Waals surface area contributed by atoms with Crippen molar-refractivity contribution in [2.24, 2.45) is 0 Å². The third-order valence-electron chi connectivity index (χ3n) is 3.55. The van der Waals surface area contributed by atoms with E-state index in [2.05, 4.69) is 0 Å². The highest BCUT2D eigenvalue weighted by atomic mass is 32.1. The lowest BCUT2D eigenvalue weighted by atomic mass is 10.1. The number of carbonyl (C=O) groups excluding carboxylic acids is 2. The zero-order valence-electron chi connectivity index (χ0n) is 14.0. The van der Waals surface area contributed by atoms with Gasteiger partial charge in [0.1, 0.15) is 22.6 Å². The maximum Gasteiger partial charge on any atom is 0.348 e. The topological polar surface area (TPSA) is 102 Å². The fourth-order valence-corrected chi connectivity index (χ4v) is 3.12. The van der Waals surface area contributed by atoms with E-state index in [1.165, 1.54) is 0 Å². The first kappa shape index (κ1) is 18.5. The minimum Gasteiger partial charge on any atom is -0.462 e. The molecule has 0 radical (unpaired) electrons. The highest BCUT2D eigenvalue weighted by Crippen LogP contribution is 2.32. The number of anilines is 1. The standard InChI is InChI=1S/C18H18N2O4S/c1-3-11-5-7-12(8-6-11)17(21)24-10-14-13(9-19)16(20)25-15(14)18(22)23-4-2/h5-8H,3-4,10,20H2,1-2H3. The van der Waals surface area contributed by atoms with Crippen LogP contribution in [0.5, 0.6) is 0 Å². The van der Waals surface area contributed by atoms with Crippen LogP contribution in [0.25, 0.3) is 0 Å². The minimum absolute atomic E-state index is 0.141. The van der Waals surface area contributed by atoms with E-state index >= 15 is 0 Å². The van der Waals surface area contributed by atoms with Gasteiger partial charge in [0, 0.05) is 5.56 Å². The summed E-state index contributed by atoms with van der Waals surface area (Å²) in [6, 6.07) is 9.01. The summed E-state index contributed by atoms with van der Waals surface area (Å²) in [5.41, 5.74) is 7.71. The summed E-state index contributed by atoms with van der Waals surface area (Å²) in [7, 11) is 0. The molecule has 0 saturated carbocycles. The molecular formula is C18H18N2O4S. The van der Waals surface area contributed by atoms with Gasteiger partial charge in [0.15, 0.2) is 0 Å². The Balaban J connectivity index is 2.20. The van der Waals surface area contributed by atoms with Gasteiger partial charge in [-0.05, 0) is 31.0 Å². The molecule has 0 atom stereocenters. The van der Waals surface area contributed by atoms with Crippen LogP contribution in [0.2, 0.25) is 0 Å². The number of hydrogen-bond donors (Lipinski definition) is 1. The third-order valence-corrected chi connectivity index (χ3v) is 4.59. The smallest absolute Gasteiger partial charge is 0.348 e. The van der Waals surface area contributed by atoms with Crippen LogP contribution in [0, 0.1) is 11.3 Å². The van der Waals surface area contributed by atoms with Crippen LogP contribution < -0.4 is 5.73 Å². The quantitative estimate of drug-likeness (QED) is 0.795. The monoisotopic (exact) mass is 358 g/mol. The summed E-state index contributed by atoms with van der Waals surface area (Å²) in [6.07, 6.45) is 0.873. The molecule has 0 fully saturated rings. The highest BCUT2D eigenvalue weighted by Gasteiger charge is 2.24. The van der Waals surface area contributed by atoms with Gasteiger partial charge in [-0.15, -0.1) is 11.3 Å². The van der Waals surface area contributed by atoms with E-state index in [1.807, 2.05) is 25.1 Å². The van der Waals surface area contributed by atoms with Gasteiger partial charge in [-0.2, -0.15) is 5.26 Å². The predicted molar refractivity (Wildman–Crippen MR) is 94.3 cm³/mol. The maximum absolute atomic E-state index is 12.2. The van der Waals surface area contributed by atoms with Crippen molar-refractivity contribution in [1.82, 2.24) is 0 Å². The summed E-state index contributed by atoms with van der Waals surface area (Å²) in [5, 5.41) is 9.45. The number of nitrogen functional groups attached to an aromatic ring is 1. The van der Waals surface area contributed by atoms with E-state index < -0.39 is 11.9 Å². The van der Waals surface area contributed by atoms with Gasteiger partial charge in [-0.1, -0.05) is 19.1 Å². The Morgan fingerprint density at radius 1 is 1.16 bits per heavy atom. The number of carbonyl (C=O) groups is 2. The van der Waals surface area contributed by atoms with Crippen molar-refractivity contribution in [2.45, 2.75) is 26.9 Å². The molecule has 1 aromatic carbocycles. The fourth-order valence-electron chi connectivity index (χ4n) is 2.20. The zero-order valence-corrected chi connectivity index (χ0v) is 14.8. The van der Waals surface area contributed by atoms with Crippen LogP contribution >= 0.6 is 11.3 Å². The van der Waals surface area contributed by atoms with Crippen LogP contribution in [-0.2, 0) is 22.5 Å². The van der Waals surface area contributed by atoms with Gasteiger partial charge >= 0.3 is 11.9 Å². The van der Waals surface area contributed by atoms with Crippen molar-refractivity contribution in [1.29, 1.82) is 5.26 Å². The Bertz CT molecular complexity index is 819. The van der Waals surface area contributed by atoms with Crippen molar-refractivity contribution in [3.63, 3.8) is 0 Å². The molecule has 7 heteroatoms. The lowest BCUT2D eigenvalue weighted by molar-refractivity contribution is 0.0452. The van der Waals surface area contributed by atoms with Gasteiger partial charge in [-0.25, -0.2) is 9.59 Å². The number of ether oxygens (including phenoxy) is 2. The Hall–Kier alpha value is -2.85. The van der Waals surface area contributed by atoms with Gasteiger partial charge in [0.05, 0.1) is 17.7 Å². The second kappa shape index (κ2) is 8.31. The molecule has 0 aliphatic carbocycles. The first-order valence-corrected chi connectivity index (χ1v) is 8.57. The molecule has 130 valence electrons. The average Bonchev–Trinajstić information content (AvgIpc) is 2.95. The number of rotatable bonds is 6. The summed E-state index contributed by atoms with van der Waals surface area (Å²) in [4.78, 5) is 24.4. The first-order valence-electron chi connectivity index (χ1n) is 7.76. The van der Waals surface area contributed by atoms with Crippen molar-refractivity contribution < 1.29 is 19.1 Å². The number of hydrogen-bond acceptors (Lipinski definition) is 7. The van der Waals surface area contributed by atoms with Crippen molar-refractivity contribution in [2.75, 3.05) is 12.3 Å². The molecule has 0 spiro atoms. The van der Waals surface area contributed by atoms with Crippen molar-refractivity contribution in [3.8, 4) is 6.07 Å². The minimum atomic E-state index is -0.584. The number of benzene rings is 1. The lowest BCUT2D eigenvalue weighted by Crippen LogP contribution is -2.10. The van der Waals surface area contributed by atoms with Crippen LogP contribution in [0.4, 0.5) is 5.00 Å². The number of aryl methyl sites for hydroxylation is 1. The van der Waals surface area contributed by atoms with Crippen LogP contribution in [-0.4, -0.2) is 18.5 Å². The fraction of sp³-hybridized carbons (Fsp3) is 0.278. The Labute approximate surface area is 149 Å². The molecule has 0 aliphatic rings. The number of nitriles is 1. The SMILES string of the molecule is CCOC(=O)c1sc(N)c(C#N)c1COC(=O)c1ccc(CC)cc1. The second-order valence-corrected chi connectivity index (χ2v) is 6.16. The molecule has 1 heterocycles. The molecule has 6 nitrogen and oxygen atoms in total. The summed E-state index contributed by atoms with van der Waals surface area (Å²) >= 11 is 0.955. The van der Waals surface area contributed by atoms with Gasteiger partial charge < -0.3 is 15.2 Å². The molecule has 0 unspecified atom stereocenters. The van der Waals surface area contributed by atoms with Gasteiger partial charge in [0.2, 0.25) is 0 Å². The van der Waals surface area contributed by atoms with E-state index in [0.717, 1.165) is 23.3 Å². The molecule has 2 aromatic rings. The number of nitrogens with zero attached hydrogens (tertiary/aromatic N) is 1. The molecule has 2 rings (SSSR count). The summed E-state index contributed by atoms with van der Waals surface area (Å²) < 4.78 is 10.2. The first-order chi connectivity index (χ1) is 12.0. The van der Waals surface area contributed by atoms with E-state index in [-0.39, 0.29) is 34.2 Å². The number of esters is 2. The molecule has 0 saturated heterocycles. The van der Waals surface area contributed by atoms with Crippen LogP contribution in [0.3, 0.4) is 0 Å². The van der Waals surface area contributed by atoms with E-state index in [4.69, 9.17) is 15.2 Å². The largest absolute Gasteiger partial charge is 0.462 e. The molecule has 25 heavy (non-hydrogen) atoms. The third kappa shape index (κ3) is 4.17. The zero-order chi connectivity index (χ0) is 18.4. The molecule has 0 aliphatic heterocycles. The average molecular weight is 358 g/mol. The Morgan fingerprint density at radius 2 is 1.84 bits per heavy atom. The number of nitrogens with two attached hydrogens (primary N) is 1. The van der Waals surface area contributed by atoms with E-state index in [1.54, 1.807) is 19.1 Å². The number of thiophene rings is 1.